The molecule has 0 radical (unpaired) electrons. The molecule has 0 saturated carbocycles. The van der Waals surface area contributed by atoms with Crippen LogP contribution in [0.25, 0.3) is 0 Å². The van der Waals surface area contributed by atoms with Gasteiger partial charge in [0.2, 0.25) is 5.13 Å². The zero-order valence-electron chi connectivity index (χ0n) is 8.73. The van der Waals surface area contributed by atoms with E-state index in [0.717, 1.165) is 30.3 Å². The molecule has 5 heteroatoms. The minimum Gasteiger partial charge on any atom is -0.395 e. The third kappa shape index (κ3) is 2.92. The molecule has 0 aliphatic heterocycles. The molecule has 0 saturated heterocycles. The Hall–Kier alpha value is -0.680. The number of anilines is 1. The number of hydrogen-bond acceptors (Lipinski definition) is 5. The molecular formula is C9H17N3OS. The SMILES string of the molecule is CCCN(CCO)c1nc(CC)ns1. The second-order valence-corrected chi connectivity index (χ2v) is 3.79. The molecule has 0 aliphatic rings. The van der Waals surface area contributed by atoms with Crippen LogP contribution in [0.3, 0.4) is 0 Å². The summed E-state index contributed by atoms with van der Waals surface area (Å²) in [6, 6.07) is 0. The van der Waals surface area contributed by atoms with Crippen LogP contribution in [0.15, 0.2) is 0 Å². The highest BCUT2D eigenvalue weighted by molar-refractivity contribution is 7.09. The van der Waals surface area contributed by atoms with Crippen molar-refractivity contribution in [3.63, 3.8) is 0 Å². The molecule has 1 heterocycles. The first-order valence-corrected chi connectivity index (χ1v) is 5.77. The standard InChI is InChI=1S/C9H17N3OS/c1-3-5-12(6-7-13)9-10-8(4-2)11-14-9/h13H,3-7H2,1-2H3. The first kappa shape index (κ1) is 11.4. The Bertz CT molecular complexity index is 258. The lowest BCUT2D eigenvalue weighted by molar-refractivity contribution is 0.302. The molecule has 1 aromatic rings. The molecule has 0 amide bonds. The maximum atomic E-state index is 8.90. The number of rotatable bonds is 6. The minimum absolute atomic E-state index is 0.168. The van der Waals surface area contributed by atoms with Gasteiger partial charge in [0.15, 0.2) is 0 Å². The molecule has 4 nitrogen and oxygen atoms in total. The number of nitrogens with zero attached hydrogens (tertiary/aromatic N) is 3. The van der Waals surface area contributed by atoms with E-state index < -0.39 is 0 Å². The quantitative estimate of drug-likeness (QED) is 0.777. The average Bonchev–Trinajstić information content (AvgIpc) is 2.65. The van der Waals surface area contributed by atoms with Gasteiger partial charge in [0, 0.05) is 31.0 Å². The summed E-state index contributed by atoms with van der Waals surface area (Å²) in [7, 11) is 0. The Balaban J connectivity index is 2.65. The molecule has 0 atom stereocenters. The van der Waals surface area contributed by atoms with Gasteiger partial charge in [-0.05, 0) is 6.42 Å². The maximum absolute atomic E-state index is 8.90. The van der Waals surface area contributed by atoms with Crippen molar-refractivity contribution in [2.45, 2.75) is 26.7 Å². The van der Waals surface area contributed by atoms with Gasteiger partial charge in [0.1, 0.15) is 5.82 Å². The van der Waals surface area contributed by atoms with Crippen molar-refractivity contribution in [2.24, 2.45) is 0 Å². The van der Waals surface area contributed by atoms with Crippen molar-refractivity contribution in [2.75, 3.05) is 24.6 Å². The van der Waals surface area contributed by atoms with Crippen molar-refractivity contribution in [3.8, 4) is 0 Å². The first-order valence-electron chi connectivity index (χ1n) is 5.00. The Morgan fingerprint density at radius 1 is 1.36 bits per heavy atom. The van der Waals surface area contributed by atoms with Crippen LogP contribution in [0, 0.1) is 0 Å². The predicted molar refractivity (Wildman–Crippen MR) is 58.9 cm³/mol. The molecule has 80 valence electrons. The molecule has 14 heavy (non-hydrogen) atoms. The fraction of sp³-hybridized carbons (Fsp3) is 0.778. The topological polar surface area (TPSA) is 49.2 Å². The third-order valence-electron chi connectivity index (χ3n) is 1.91. The highest BCUT2D eigenvalue weighted by atomic mass is 32.1. The van der Waals surface area contributed by atoms with Crippen molar-refractivity contribution in [1.82, 2.24) is 9.36 Å². The van der Waals surface area contributed by atoms with Crippen LogP contribution in [-0.2, 0) is 6.42 Å². The number of aliphatic hydroxyl groups excluding tert-OH is 1. The lowest BCUT2D eigenvalue weighted by atomic mass is 10.4. The van der Waals surface area contributed by atoms with E-state index in [4.69, 9.17) is 5.11 Å². The van der Waals surface area contributed by atoms with Gasteiger partial charge < -0.3 is 10.0 Å². The predicted octanol–water partition coefficient (Wildman–Crippen LogP) is 1.31. The van der Waals surface area contributed by atoms with Crippen LogP contribution in [0.1, 0.15) is 26.1 Å². The van der Waals surface area contributed by atoms with E-state index in [0.29, 0.717) is 6.54 Å². The Labute approximate surface area is 88.8 Å². The lowest BCUT2D eigenvalue weighted by Crippen LogP contribution is -2.27. The van der Waals surface area contributed by atoms with E-state index in [1.54, 1.807) is 0 Å². The van der Waals surface area contributed by atoms with Gasteiger partial charge in [-0.15, -0.1) is 0 Å². The second-order valence-electron chi connectivity index (χ2n) is 3.06. The maximum Gasteiger partial charge on any atom is 0.205 e. The van der Waals surface area contributed by atoms with E-state index in [9.17, 15) is 0 Å². The minimum atomic E-state index is 0.168. The van der Waals surface area contributed by atoms with Crippen LogP contribution in [0.4, 0.5) is 5.13 Å². The number of hydrogen-bond donors (Lipinski definition) is 1. The fourth-order valence-corrected chi connectivity index (χ4v) is 2.01. The highest BCUT2D eigenvalue weighted by Crippen LogP contribution is 2.17. The van der Waals surface area contributed by atoms with E-state index in [1.807, 2.05) is 6.92 Å². The van der Waals surface area contributed by atoms with Gasteiger partial charge in [0.25, 0.3) is 0 Å². The number of aryl methyl sites for hydroxylation is 1. The van der Waals surface area contributed by atoms with Gasteiger partial charge in [-0.3, -0.25) is 0 Å². The summed E-state index contributed by atoms with van der Waals surface area (Å²) in [6.07, 6.45) is 1.93. The molecule has 1 aromatic heterocycles. The Morgan fingerprint density at radius 3 is 2.64 bits per heavy atom. The van der Waals surface area contributed by atoms with Crippen LogP contribution < -0.4 is 4.90 Å². The molecule has 1 rings (SSSR count). The summed E-state index contributed by atoms with van der Waals surface area (Å²) in [5.74, 6) is 0.893. The van der Waals surface area contributed by atoms with Crippen molar-refractivity contribution < 1.29 is 5.11 Å². The van der Waals surface area contributed by atoms with Gasteiger partial charge in [-0.2, -0.15) is 4.37 Å². The summed E-state index contributed by atoms with van der Waals surface area (Å²) >= 11 is 1.42. The average molecular weight is 215 g/mol. The smallest absolute Gasteiger partial charge is 0.205 e. The summed E-state index contributed by atoms with van der Waals surface area (Å²) in [5.41, 5.74) is 0. The van der Waals surface area contributed by atoms with E-state index in [-0.39, 0.29) is 6.61 Å². The van der Waals surface area contributed by atoms with Crippen LogP contribution >= 0.6 is 11.5 Å². The van der Waals surface area contributed by atoms with E-state index in [2.05, 4.69) is 21.2 Å². The largest absolute Gasteiger partial charge is 0.395 e. The lowest BCUT2D eigenvalue weighted by Gasteiger charge is -2.18. The van der Waals surface area contributed by atoms with Gasteiger partial charge in [0.05, 0.1) is 6.61 Å². The van der Waals surface area contributed by atoms with Crippen molar-refractivity contribution in [1.29, 1.82) is 0 Å². The van der Waals surface area contributed by atoms with Gasteiger partial charge in [-0.25, -0.2) is 4.98 Å². The normalized spacial score (nSPS) is 10.5. The molecular weight excluding hydrogens is 198 g/mol. The zero-order chi connectivity index (χ0) is 10.4. The Morgan fingerprint density at radius 2 is 2.14 bits per heavy atom. The molecule has 0 spiro atoms. The number of aromatic nitrogens is 2. The summed E-state index contributed by atoms with van der Waals surface area (Å²) in [5, 5.41) is 9.83. The summed E-state index contributed by atoms with van der Waals surface area (Å²) in [6.45, 7) is 5.90. The van der Waals surface area contributed by atoms with Crippen molar-refractivity contribution >= 4 is 16.7 Å². The molecule has 0 unspecified atom stereocenters. The zero-order valence-corrected chi connectivity index (χ0v) is 9.55. The van der Waals surface area contributed by atoms with Crippen molar-refractivity contribution in [3.05, 3.63) is 5.82 Å². The fourth-order valence-electron chi connectivity index (χ4n) is 1.21. The summed E-state index contributed by atoms with van der Waals surface area (Å²) in [4.78, 5) is 6.47. The van der Waals surface area contributed by atoms with Gasteiger partial charge in [-0.1, -0.05) is 13.8 Å². The van der Waals surface area contributed by atoms with Crippen LogP contribution in [0.5, 0.6) is 0 Å². The Kier molecular flexibility index (Phi) is 4.82. The first-order chi connectivity index (χ1) is 6.81. The van der Waals surface area contributed by atoms with Crippen LogP contribution in [0.2, 0.25) is 0 Å². The molecule has 1 N–H and O–H groups in total. The summed E-state index contributed by atoms with van der Waals surface area (Å²) < 4.78 is 4.23. The molecule has 0 aliphatic carbocycles. The second kappa shape index (κ2) is 5.93. The molecule has 0 fully saturated rings. The van der Waals surface area contributed by atoms with E-state index >= 15 is 0 Å². The number of aliphatic hydroxyl groups is 1. The highest BCUT2D eigenvalue weighted by Gasteiger charge is 2.09. The molecule has 0 aromatic carbocycles. The van der Waals surface area contributed by atoms with E-state index in [1.165, 1.54) is 11.5 Å². The third-order valence-corrected chi connectivity index (χ3v) is 2.72. The van der Waals surface area contributed by atoms with Crippen LogP contribution in [-0.4, -0.2) is 34.2 Å². The molecule has 0 bridgehead atoms. The monoisotopic (exact) mass is 215 g/mol. The van der Waals surface area contributed by atoms with Gasteiger partial charge >= 0.3 is 0 Å².